The number of amides is 1. The van der Waals surface area contributed by atoms with Crippen molar-refractivity contribution < 1.29 is 27.9 Å². The largest absolute Gasteiger partial charge is 0.478 e. The number of halogens is 3. The van der Waals surface area contributed by atoms with Gasteiger partial charge in [0.1, 0.15) is 6.54 Å². The molecule has 0 aliphatic rings. The SMILES string of the molecule is CN(CC(=O)NCC(F)(F)F)Cc1ccc(C(=O)O)cc1. The molecule has 8 heteroatoms. The molecule has 0 aliphatic carbocycles. The summed E-state index contributed by atoms with van der Waals surface area (Å²) in [5, 5.41) is 10.5. The van der Waals surface area contributed by atoms with Crippen LogP contribution < -0.4 is 5.32 Å². The Balaban J connectivity index is 2.44. The number of alkyl halides is 3. The molecule has 0 fully saturated rings. The van der Waals surface area contributed by atoms with Crippen molar-refractivity contribution in [3.8, 4) is 0 Å². The van der Waals surface area contributed by atoms with Crippen LogP contribution in [-0.2, 0) is 11.3 Å². The van der Waals surface area contributed by atoms with Gasteiger partial charge in [0.25, 0.3) is 0 Å². The second-order valence-electron chi connectivity index (χ2n) is 4.57. The number of carboxylic acid groups (broad SMARTS) is 1. The Morgan fingerprint density at radius 3 is 2.29 bits per heavy atom. The summed E-state index contributed by atoms with van der Waals surface area (Å²) in [6.45, 7) is -1.22. The first kappa shape index (κ1) is 17.0. The molecule has 0 saturated heterocycles. The van der Waals surface area contributed by atoms with Gasteiger partial charge in [-0.2, -0.15) is 13.2 Å². The van der Waals surface area contributed by atoms with Gasteiger partial charge >= 0.3 is 12.1 Å². The summed E-state index contributed by atoms with van der Waals surface area (Å²) in [4.78, 5) is 23.5. The minimum Gasteiger partial charge on any atom is -0.478 e. The number of likely N-dealkylation sites (N-methyl/N-ethyl adjacent to an activating group) is 1. The molecule has 0 atom stereocenters. The minimum atomic E-state index is -4.43. The number of carbonyl (C=O) groups is 2. The maximum atomic E-state index is 11.9. The highest BCUT2D eigenvalue weighted by Gasteiger charge is 2.27. The Kier molecular flexibility index (Phi) is 5.71. The molecule has 1 amide bonds. The van der Waals surface area contributed by atoms with Crippen molar-refractivity contribution >= 4 is 11.9 Å². The van der Waals surface area contributed by atoms with Gasteiger partial charge in [-0.25, -0.2) is 4.79 Å². The zero-order valence-corrected chi connectivity index (χ0v) is 11.3. The van der Waals surface area contributed by atoms with Gasteiger partial charge in [-0.1, -0.05) is 12.1 Å². The number of aromatic carboxylic acids is 1. The van der Waals surface area contributed by atoms with E-state index in [-0.39, 0.29) is 12.1 Å². The van der Waals surface area contributed by atoms with Crippen LogP contribution in [-0.4, -0.2) is 48.2 Å². The van der Waals surface area contributed by atoms with Crippen molar-refractivity contribution in [1.82, 2.24) is 10.2 Å². The summed E-state index contributed by atoms with van der Waals surface area (Å²) in [6.07, 6.45) is -4.43. The average molecular weight is 304 g/mol. The van der Waals surface area contributed by atoms with Crippen LogP contribution in [0.2, 0.25) is 0 Å². The monoisotopic (exact) mass is 304 g/mol. The molecule has 0 unspecified atom stereocenters. The van der Waals surface area contributed by atoms with Gasteiger partial charge in [0.05, 0.1) is 12.1 Å². The lowest BCUT2D eigenvalue weighted by atomic mass is 10.1. The van der Waals surface area contributed by atoms with Crippen LogP contribution in [0.4, 0.5) is 13.2 Å². The lowest BCUT2D eigenvalue weighted by Crippen LogP contribution is -2.39. The summed E-state index contributed by atoms with van der Waals surface area (Å²) in [7, 11) is 1.58. The normalized spacial score (nSPS) is 11.5. The van der Waals surface area contributed by atoms with Crippen LogP contribution in [0.5, 0.6) is 0 Å². The Labute approximate surface area is 119 Å². The van der Waals surface area contributed by atoms with Crippen LogP contribution in [0, 0.1) is 0 Å². The number of hydrogen-bond donors (Lipinski definition) is 2. The van der Waals surface area contributed by atoms with Gasteiger partial charge < -0.3 is 10.4 Å². The van der Waals surface area contributed by atoms with Crippen LogP contribution in [0.25, 0.3) is 0 Å². The Morgan fingerprint density at radius 1 is 1.24 bits per heavy atom. The predicted octanol–water partition coefficient (Wildman–Crippen LogP) is 1.50. The second-order valence-corrected chi connectivity index (χ2v) is 4.57. The zero-order valence-electron chi connectivity index (χ0n) is 11.3. The number of nitrogens with zero attached hydrogens (tertiary/aromatic N) is 1. The van der Waals surface area contributed by atoms with Crippen LogP contribution in [0.15, 0.2) is 24.3 Å². The highest BCUT2D eigenvalue weighted by Crippen LogP contribution is 2.12. The van der Waals surface area contributed by atoms with E-state index in [2.05, 4.69) is 0 Å². The van der Waals surface area contributed by atoms with Gasteiger partial charge in [-0.3, -0.25) is 9.69 Å². The van der Waals surface area contributed by atoms with Gasteiger partial charge in [-0.15, -0.1) is 0 Å². The summed E-state index contributed by atoms with van der Waals surface area (Å²) < 4.78 is 35.8. The van der Waals surface area contributed by atoms with Crippen molar-refractivity contribution in [3.05, 3.63) is 35.4 Å². The Hall–Kier alpha value is -2.09. The molecule has 1 aromatic carbocycles. The van der Waals surface area contributed by atoms with E-state index < -0.39 is 24.6 Å². The lowest BCUT2D eigenvalue weighted by Gasteiger charge is -2.17. The highest BCUT2D eigenvalue weighted by atomic mass is 19.4. The smallest absolute Gasteiger partial charge is 0.405 e. The van der Waals surface area contributed by atoms with Crippen molar-refractivity contribution in [3.63, 3.8) is 0 Å². The van der Waals surface area contributed by atoms with Gasteiger partial charge in [-0.05, 0) is 24.7 Å². The Bertz CT molecular complexity index is 500. The van der Waals surface area contributed by atoms with E-state index in [4.69, 9.17) is 5.11 Å². The van der Waals surface area contributed by atoms with E-state index in [0.29, 0.717) is 6.54 Å². The van der Waals surface area contributed by atoms with Crippen LogP contribution >= 0.6 is 0 Å². The average Bonchev–Trinajstić information content (AvgIpc) is 2.36. The Morgan fingerprint density at radius 2 is 1.81 bits per heavy atom. The van der Waals surface area contributed by atoms with Crippen molar-refractivity contribution in [2.45, 2.75) is 12.7 Å². The first-order valence-electron chi connectivity index (χ1n) is 6.01. The van der Waals surface area contributed by atoms with Crippen molar-refractivity contribution in [2.75, 3.05) is 20.1 Å². The fourth-order valence-electron chi connectivity index (χ4n) is 1.62. The maximum absolute atomic E-state index is 11.9. The molecule has 0 bridgehead atoms. The van der Waals surface area contributed by atoms with E-state index in [1.807, 2.05) is 0 Å². The molecule has 0 aliphatic heterocycles. The second kappa shape index (κ2) is 7.07. The minimum absolute atomic E-state index is 0.143. The summed E-state index contributed by atoms with van der Waals surface area (Å²) in [6, 6.07) is 6.03. The summed E-state index contributed by atoms with van der Waals surface area (Å²) in [5.74, 6) is -1.77. The zero-order chi connectivity index (χ0) is 16.0. The number of rotatable bonds is 6. The van der Waals surface area contributed by atoms with E-state index in [0.717, 1.165) is 5.56 Å². The summed E-state index contributed by atoms with van der Waals surface area (Å²) >= 11 is 0. The number of hydrogen-bond acceptors (Lipinski definition) is 3. The number of benzene rings is 1. The lowest BCUT2D eigenvalue weighted by molar-refractivity contribution is -0.138. The fourth-order valence-corrected chi connectivity index (χ4v) is 1.62. The number of nitrogens with one attached hydrogen (secondary N) is 1. The molecule has 0 radical (unpaired) electrons. The molecule has 1 rings (SSSR count). The maximum Gasteiger partial charge on any atom is 0.405 e. The predicted molar refractivity (Wildman–Crippen MR) is 68.8 cm³/mol. The highest BCUT2D eigenvalue weighted by molar-refractivity contribution is 5.87. The van der Waals surface area contributed by atoms with Crippen LogP contribution in [0.1, 0.15) is 15.9 Å². The van der Waals surface area contributed by atoms with Crippen molar-refractivity contribution in [2.24, 2.45) is 0 Å². The number of carboxylic acids is 1. The van der Waals surface area contributed by atoms with E-state index in [1.165, 1.54) is 17.0 Å². The first-order valence-corrected chi connectivity index (χ1v) is 6.01. The quantitative estimate of drug-likeness (QED) is 0.835. The van der Waals surface area contributed by atoms with Gasteiger partial charge in [0, 0.05) is 6.54 Å². The van der Waals surface area contributed by atoms with Crippen molar-refractivity contribution in [1.29, 1.82) is 0 Å². The van der Waals surface area contributed by atoms with E-state index in [1.54, 1.807) is 24.5 Å². The van der Waals surface area contributed by atoms with Gasteiger partial charge in [0.2, 0.25) is 5.91 Å². The fraction of sp³-hybridized carbons (Fsp3) is 0.385. The summed E-state index contributed by atoms with van der Waals surface area (Å²) in [5.41, 5.74) is 0.899. The molecular formula is C13H15F3N2O3. The standard InChI is InChI=1S/C13H15F3N2O3/c1-18(7-11(19)17-8-13(14,15)16)6-9-2-4-10(5-3-9)12(20)21/h2-5H,6-8H2,1H3,(H,17,19)(H,20,21). The molecule has 0 aromatic heterocycles. The molecule has 21 heavy (non-hydrogen) atoms. The molecule has 116 valence electrons. The first-order chi connectivity index (χ1) is 9.67. The topological polar surface area (TPSA) is 69.6 Å². The third-order valence-electron chi connectivity index (χ3n) is 2.55. The third kappa shape index (κ3) is 6.75. The van der Waals surface area contributed by atoms with Gasteiger partial charge in [0.15, 0.2) is 0 Å². The molecule has 0 saturated carbocycles. The molecule has 2 N–H and O–H groups in total. The van der Waals surface area contributed by atoms with E-state index >= 15 is 0 Å². The number of carbonyl (C=O) groups excluding carboxylic acids is 1. The molecular weight excluding hydrogens is 289 g/mol. The third-order valence-corrected chi connectivity index (χ3v) is 2.55. The van der Waals surface area contributed by atoms with E-state index in [9.17, 15) is 22.8 Å². The molecule has 5 nitrogen and oxygen atoms in total. The molecule has 0 heterocycles. The molecule has 1 aromatic rings. The molecule has 0 spiro atoms. The van der Waals surface area contributed by atoms with Crippen LogP contribution in [0.3, 0.4) is 0 Å².